The molecule has 5 nitrogen and oxygen atoms in total. The minimum Gasteiger partial charge on any atom is -0.478 e. The third kappa shape index (κ3) is 6.18. The predicted octanol–water partition coefficient (Wildman–Crippen LogP) is 9.16. The average molecular weight is 649 g/mol. The molecular weight excluding hydrogens is 580 g/mol. The number of hydrogen-bond donors (Lipinski definition) is 3. The molecule has 7 unspecified atom stereocenters. The highest BCUT2D eigenvalue weighted by Gasteiger charge is 2.69. The summed E-state index contributed by atoms with van der Waals surface area (Å²) in [6.45, 7) is 21.5. The highest BCUT2D eigenvalue weighted by molar-refractivity contribution is 5.88. The maximum atomic E-state index is 11.5. The van der Waals surface area contributed by atoms with Gasteiger partial charge in [-0.2, -0.15) is 0 Å². The van der Waals surface area contributed by atoms with Crippen molar-refractivity contribution in [3.63, 3.8) is 0 Å². The molecule has 264 valence electrons. The molecule has 5 heteroatoms. The Morgan fingerprint density at radius 3 is 2.23 bits per heavy atom. The number of aromatic carboxylic acids is 1. The third-order valence-electron chi connectivity index (χ3n) is 15.2. The molecule has 8 atom stereocenters. The van der Waals surface area contributed by atoms with E-state index in [4.69, 9.17) is 0 Å². The van der Waals surface area contributed by atoms with Crippen molar-refractivity contribution in [2.24, 2.45) is 50.7 Å². The van der Waals surface area contributed by atoms with Crippen LogP contribution in [0.1, 0.15) is 135 Å². The van der Waals surface area contributed by atoms with Crippen LogP contribution >= 0.6 is 0 Å². The Labute approximate surface area is 287 Å². The fraction of sp³-hybridized carbons (Fsp3) is 0.786. The van der Waals surface area contributed by atoms with E-state index in [1.165, 1.54) is 81.9 Å². The Balaban J connectivity index is 0.00000139. The van der Waals surface area contributed by atoms with Crippen LogP contribution in [0.5, 0.6) is 0 Å². The standard InChI is InChI=1S/C39H60N2O3.C3H8/c1-35(2)29(27-9-11-28(12-10-27)34(43)44)15-18-36(3)32(35)16-19-38(5)33(36)14-13-30-31-8-7-17-39(31,21-20-37(30,38)4)26-40-22-23-41(6)24-25-42;1-3-2/h9-12,15,30-33,40,42H,7-8,13-14,16-26H2,1-6H3,(H,43,44);3H2,1-2H3/t30?,31?,32?,33?,36?,37-,38?,39?;/m1./s1. The molecule has 4 fully saturated rings. The molecule has 1 aromatic rings. The lowest BCUT2D eigenvalue weighted by atomic mass is 9.32. The second kappa shape index (κ2) is 13.9. The van der Waals surface area contributed by atoms with Crippen molar-refractivity contribution in [1.29, 1.82) is 0 Å². The van der Waals surface area contributed by atoms with E-state index in [1.54, 1.807) is 12.1 Å². The molecule has 0 heterocycles. The monoisotopic (exact) mass is 649 g/mol. The van der Waals surface area contributed by atoms with Crippen molar-refractivity contribution in [2.45, 2.75) is 119 Å². The fourth-order valence-electron chi connectivity index (χ4n) is 12.8. The normalized spacial score (nSPS) is 38.6. The number of benzene rings is 1. The van der Waals surface area contributed by atoms with Crippen molar-refractivity contribution < 1.29 is 15.0 Å². The number of hydrogen-bond acceptors (Lipinski definition) is 4. The van der Waals surface area contributed by atoms with Crippen LogP contribution < -0.4 is 5.32 Å². The summed E-state index contributed by atoms with van der Waals surface area (Å²) in [6.07, 6.45) is 17.4. The second-order valence-electron chi connectivity index (χ2n) is 17.9. The summed E-state index contributed by atoms with van der Waals surface area (Å²) >= 11 is 0. The van der Waals surface area contributed by atoms with E-state index in [9.17, 15) is 15.0 Å². The van der Waals surface area contributed by atoms with Crippen LogP contribution in [-0.4, -0.2) is 60.9 Å². The van der Waals surface area contributed by atoms with Gasteiger partial charge in [-0.25, -0.2) is 4.79 Å². The van der Waals surface area contributed by atoms with Crippen LogP contribution in [0.4, 0.5) is 0 Å². The van der Waals surface area contributed by atoms with E-state index < -0.39 is 5.97 Å². The van der Waals surface area contributed by atoms with Crippen LogP contribution in [0, 0.1) is 50.7 Å². The molecule has 0 saturated heterocycles. The van der Waals surface area contributed by atoms with E-state index in [-0.39, 0.29) is 12.0 Å². The molecule has 0 radical (unpaired) electrons. The van der Waals surface area contributed by atoms with Crippen LogP contribution in [0.2, 0.25) is 0 Å². The Bertz CT molecular complexity index is 1270. The minimum atomic E-state index is -0.854. The summed E-state index contributed by atoms with van der Waals surface area (Å²) in [5.41, 5.74) is 4.60. The molecule has 5 aliphatic carbocycles. The van der Waals surface area contributed by atoms with E-state index in [2.05, 4.69) is 71.8 Å². The summed E-state index contributed by atoms with van der Waals surface area (Å²) in [5, 5.41) is 22.6. The van der Waals surface area contributed by atoms with Crippen molar-refractivity contribution in [3.8, 4) is 0 Å². The minimum absolute atomic E-state index is 0.0565. The van der Waals surface area contributed by atoms with Gasteiger partial charge in [0.15, 0.2) is 0 Å². The quantitative estimate of drug-likeness (QED) is 0.233. The van der Waals surface area contributed by atoms with Gasteiger partial charge in [0.1, 0.15) is 0 Å². The number of nitrogens with zero attached hydrogens (tertiary/aromatic N) is 1. The fourth-order valence-corrected chi connectivity index (χ4v) is 12.8. The summed E-state index contributed by atoms with van der Waals surface area (Å²) in [7, 11) is 2.11. The van der Waals surface area contributed by atoms with E-state index in [0.29, 0.717) is 33.1 Å². The average Bonchev–Trinajstić information content (AvgIpc) is 3.44. The van der Waals surface area contributed by atoms with Crippen LogP contribution in [-0.2, 0) is 0 Å². The molecule has 0 spiro atoms. The second-order valence-corrected chi connectivity index (χ2v) is 17.9. The molecule has 6 rings (SSSR count). The number of nitrogens with one attached hydrogen (secondary N) is 1. The first kappa shape index (κ1) is 36.6. The lowest BCUT2D eigenvalue weighted by Gasteiger charge is -2.72. The van der Waals surface area contributed by atoms with Crippen LogP contribution in [0.25, 0.3) is 5.57 Å². The number of carboxylic acid groups (broad SMARTS) is 1. The van der Waals surface area contributed by atoms with E-state index in [0.717, 1.165) is 43.8 Å². The van der Waals surface area contributed by atoms with Gasteiger partial charge in [0, 0.05) is 26.2 Å². The number of aliphatic hydroxyl groups excluding tert-OH is 1. The molecular formula is C42H68N2O3. The Hall–Kier alpha value is -1.69. The first-order valence-corrected chi connectivity index (χ1v) is 19.3. The number of carbonyl (C=O) groups is 1. The lowest BCUT2D eigenvalue weighted by molar-refractivity contribution is -0.222. The molecule has 47 heavy (non-hydrogen) atoms. The van der Waals surface area contributed by atoms with Gasteiger partial charge in [0.25, 0.3) is 0 Å². The van der Waals surface area contributed by atoms with Gasteiger partial charge in [-0.15, -0.1) is 0 Å². The first-order chi connectivity index (χ1) is 22.2. The largest absolute Gasteiger partial charge is 0.478 e. The van der Waals surface area contributed by atoms with Gasteiger partial charge in [-0.05, 0) is 139 Å². The smallest absolute Gasteiger partial charge is 0.335 e. The summed E-state index contributed by atoms with van der Waals surface area (Å²) in [5.74, 6) is 2.22. The van der Waals surface area contributed by atoms with Crippen molar-refractivity contribution in [1.82, 2.24) is 10.2 Å². The number of likely N-dealkylation sites (N-methyl/N-ethyl adjacent to an activating group) is 1. The number of aliphatic hydroxyl groups is 1. The van der Waals surface area contributed by atoms with Gasteiger partial charge in [0.2, 0.25) is 0 Å². The zero-order valence-electron chi connectivity index (χ0n) is 31.3. The maximum absolute atomic E-state index is 11.5. The molecule has 0 amide bonds. The molecule has 0 aliphatic heterocycles. The third-order valence-corrected chi connectivity index (χ3v) is 15.2. The number of rotatable bonds is 9. The van der Waals surface area contributed by atoms with Gasteiger partial charge < -0.3 is 20.4 Å². The Morgan fingerprint density at radius 1 is 0.872 bits per heavy atom. The highest BCUT2D eigenvalue weighted by atomic mass is 16.4. The SMILES string of the molecule is CCC.CN(CCO)CCNCC12CCCC1C1CCC3C4(C)CC=C(c5ccc(C(=O)O)cc5)C(C)(C)C4CCC3(C)[C@]1(C)CC2. The van der Waals surface area contributed by atoms with Crippen molar-refractivity contribution >= 4 is 11.5 Å². The molecule has 4 saturated carbocycles. The summed E-state index contributed by atoms with van der Waals surface area (Å²) in [6, 6.07) is 7.63. The van der Waals surface area contributed by atoms with E-state index >= 15 is 0 Å². The van der Waals surface area contributed by atoms with Gasteiger partial charge in [0.05, 0.1) is 12.2 Å². The lowest BCUT2D eigenvalue weighted by Crippen LogP contribution is -2.65. The molecule has 0 bridgehead atoms. The van der Waals surface area contributed by atoms with Crippen molar-refractivity contribution in [3.05, 3.63) is 41.5 Å². The molecule has 0 aromatic heterocycles. The zero-order valence-corrected chi connectivity index (χ0v) is 31.3. The van der Waals surface area contributed by atoms with Crippen molar-refractivity contribution in [2.75, 3.05) is 39.8 Å². The van der Waals surface area contributed by atoms with E-state index in [1.807, 2.05) is 12.1 Å². The van der Waals surface area contributed by atoms with Gasteiger partial charge in [-0.3, -0.25) is 0 Å². The number of allylic oxidation sites excluding steroid dienone is 2. The Kier molecular flexibility index (Phi) is 10.8. The Morgan fingerprint density at radius 2 is 1.57 bits per heavy atom. The molecule has 3 N–H and O–H groups in total. The predicted molar refractivity (Wildman–Crippen MR) is 195 cm³/mol. The first-order valence-electron chi connectivity index (χ1n) is 19.3. The number of fused-ring (bicyclic) bond motifs is 7. The topological polar surface area (TPSA) is 72.8 Å². The molecule has 5 aliphatic rings. The highest BCUT2D eigenvalue weighted by Crippen LogP contribution is 2.77. The number of carboxylic acids is 1. The summed E-state index contributed by atoms with van der Waals surface area (Å²) in [4.78, 5) is 13.7. The molecule has 1 aromatic carbocycles. The van der Waals surface area contributed by atoms with Crippen LogP contribution in [0.3, 0.4) is 0 Å². The summed E-state index contributed by atoms with van der Waals surface area (Å²) < 4.78 is 0. The van der Waals surface area contributed by atoms with Gasteiger partial charge in [-0.1, -0.05) is 79.5 Å². The maximum Gasteiger partial charge on any atom is 0.335 e. The zero-order chi connectivity index (χ0) is 34.3. The van der Waals surface area contributed by atoms with Crippen LogP contribution in [0.15, 0.2) is 30.3 Å². The van der Waals surface area contributed by atoms with Gasteiger partial charge >= 0.3 is 5.97 Å².